The number of aromatic nitrogens is 1. The molecule has 0 bridgehead atoms. The number of benzene rings is 3. The molecule has 0 spiro atoms. The molecule has 1 saturated heterocycles. The molecule has 1 fully saturated rings. The number of carbonyl (C=O) groups excluding carboxylic acids is 2. The lowest BCUT2D eigenvalue weighted by atomic mass is 9.84. The van der Waals surface area contributed by atoms with Crippen LogP contribution in [0.2, 0.25) is 5.02 Å². The molecule has 1 N–H and O–H groups in total. The molecule has 0 saturated carbocycles. The second-order valence-electron chi connectivity index (χ2n) is 8.95. The fourth-order valence-corrected chi connectivity index (χ4v) is 4.76. The predicted octanol–water partition coefficient (Wildman–Crippen LogP) is 6.28. The van der Waals surface area contributed by atoms with E-state index in [0.29, 0.717) is 46.4 Å². The Kier molecular flexibility index (Phi) is 6.55. The molecule has 5 rings (SSSR count). The maximum Gasteiger partial charge on any atom is 0.253 e. The van der Waals surface area contributed by atoms with E-state index in [1.54, 1.807) is 30.3 Å². The Bertz CT molecular complexity index is 1360. The molecule has 35 heavy (non-hydrogen) atoms. The minimum Gasteiger partial charge on any atom is -0.436 e. The SMILES string of the molecule is C[C@H](C(=O)Nc1ccccc1Cl)C1CCN(C(=O)c2ccc3oc(-c4ccccc4)nc3c2)CC1. The van der Waals surface area contributed by atoms with Crippen LogP contribution in [0.4, 0.5) is 5.69 Å². The number of rotatable bonds is 5. The molecule has 7 heteroatoms. The predicted molar refractivity (Wildman–Crippen MR) is 137 cm³/mol. The quantitative estimate of drug-likeness (QED) is 0.359. The lowest BCUT2D eigenvalue weighted by Gasteiger charge is -2.34. The summed E-state index contributed by atoms with van der Waals surface area (Å²) >= 11 is 6.17. The minimum atomic E-state index is -0.175. The summed E-state index contributed by atoms with van der Waals surface area (Å²) in [5.41, 5.74) is 3.42. The molecule has 1 aromatic heterocycles. The molecule has 0 unspecified atom stereocenters. The van der Waals surface area contributed by atoms with E-state index in [0.717, 1.165) is 18.4 Å². The highest BCUT2D eigenvalue weighted by molar-refractivity contribution is 6.33. The van der Waals surface area contributed by atoms with Crippen LogP contribution in [0.15, 0.2) is 77.2 Å². The van der Waals surface area contributed by atoms with Gasteiger partial charge in [-0.05, 0) is 61.2 Å². The Morgan fingerprint density at radius 3 is 2.49 bits per heavy atom. The first-order valence-electron chi connectivity index (χ1n) is 11.8. The van der Waals surface area contributed by atoms with E-state index in [9.17, 15) is 9.59 Å². The van der Waals surface area contributed by atoms with Gasteiger partial charge in [0.1, 0.15) is 5.52 Å². The van der Waals surface area contributed by atoms with Gasteiger partial charge < -0.3 is 14.6 Å². The molecular formula is C28H26ClN3O3. The second kappa shape index (κ2) is 9.92. The number of halogens is 1. The highest BCUT2D eigenvalue weighted by Crippen LogP contribution is 2.29. The molecule has 1 aliphatic heterocycles. The fourth-order valence-electron chi connectivity index (χ4n) is 4.57. The average molecular weight is 488 g/mol. The van der Waals surface area contributed by atoms with Crippen LogP contribution in [0.1, 0.15) is 30.1 Å². The van der Waals surface area contributed by atoms with Crippen molar-refractivity contribution in [2.45, 2.75) is 19.8 Å². The Balaban J connectivity index is 1.21. The van der Waals surface area contributed by atoms with Gasteiger partial charge in [-0.15, -0.1) is 0 Å². The van der Waals surface area contributed by atoms with Gasteiger partial charge in [-0.1, -0.05) is 48.9 Å². The number of carbonyl (C=O) groups is 2. The first-order valence-corrected chi connectivity index (χ1v) is 12.2. The van der Waals surface area contributed by atoms with E-state index in [2.05, 4.69) is 10.3 Å². The normalized spacial score (nSPS) is 15.2. The largest absolute Gasteiger partial charge is 0.436 e. The third kappa shape index (κ3) is 4.93. The summed E-state index contributed by atoms with van der Waals surface area (Å²) in [7, 11) is 0. The van der Waals surface area contributed by atoms with Gasteiger partial charge in [0.25, 0.3) is 5.91 Å². The van der Waals surface area contributed by atoms with Crippen molar-refractivity contribution in [2.75, 3.05) is 18.4 Å². The second-order valence-corrected chi connectivity index (χ2v) is 9.36. The number of hydrogen-bond acceptors (Lipinski definition) is 4. The maximum absolute atomic E-state index is 13.2. The average Bonchev–Trinajstić information content (AvgIpc) is 3.33. The number of para-hydroxylation sites is 1. The molecule has 3 aromatic carbocycles. The molecule has 1 aliphatic rings. The van der Waals surface area contributed by atoms with Crippen LogP contribution in [-0.4, -0.2) is 34.8 Å². The number of nitrogens with zero attached hydrogens (tertiary/aromatic N) is 2. The number of nitrogens with one attached hydrogen (secondary N) is 1. The topological polar surface area (TPSA) is 75.4 Å². The molecule has 178 valence electrons. The zero-order chi connectivity index (χ0) is 24.4. The number of fused-ring (bicyclic) bond motifs is 1. The van der Waals surface area contributed by atoms with Gasteiger partial charge in [-0.2, -0.15) is 0 Å². The van der Waals surface area contributed by atoms with Crippen LogP contribution in [0.25, 0.3) is 22.6 Å². The van der Waals surface area contributed by atoms with Crippen molar-refractivity contribution in [1.82, 2.24) is 9.88 Å². The van der Waals surface area contributed by atoms with Crippen molar-refractivity contribution in [3.63, 3.8) is 0 Å². The zero-order valence-electron chi connectivity index (χ0n) is 19.4. The van der Waals surface area contributed by atoms with Crippen LogP contribution >= 0.6 is 11.6 Å². The molecule has 0 aliphatic carbocycles. The lowest BCUT2D eigenvalue weighted by Crippen LogP contribution is -2.41. The van der Waals surface area contributed by atoms with Crippen LogP contribution < -0.4 is 5.32 Å². The number of anilines is 1. The smallest absolute Gasteiger partial charge is 0.253 e. The van der Waals surface area contributed by atoms with Gasteiger partial charge in [0.15, 0.2) is 5.58 Å². The third-order valence-electron chi connectivity index (χ3n) is 6.73. The van der Waals surface area contributed by atoms with Crippen molar-refractivity contribution in [3.05, 3.63) is 83.4 Å². The highest BCUT2D eigenvalue weighted by Gasteiger charge is 2.30. The Morgan fingerprint density at radius 2 is 1.74 bits per heavy atom. The van der Waals surface area contributed by atoms with E-state index >= 15 is 0 Å². The van der Waals surface area contributed by atoms with Crippen molar-refractivity contribution >= 4 is 40.2 Å². The van der Waals surface area contributed by atoms with Crippen molar-refractivity contribution in [1.29, 1.82) is 0 Å². The molecule has 1 atom stereocenters. The van der Waals surface area contributed by atoms with Crippen molar-refractivity contribution in [3.8, 4) is 11.5 Å². The molecule has 2 amide bonds. The van der Waals surface area contributed by atoms with E-state index in [-0.39, 0.29) is 23.7 Å². The summed E-state index contributed by atoms with van der Waals surface area (Å²) in [6.07, 6.45) is 1.54. The number of piperidine rings is 1. The number of hydrogen-bond donors (Lipinski definition) is 1. The first-order chi connectivity index (χ1) is 17.0. The van der Waals surface area contributed by atoms with Gasteiger partial charge >= 0.3 is 0 Å². The van der Waals surface area contributed by atoms with E-state index < -0.39 is 0 Å². The van der Waals surface area contributed by atoms with Crippen LogP contribution in [0.5, 0.6) is 0 Å². The zero-order valence-corrected chi connectivity index (χ0v) is 20.2. The van der Waals surface area contributed by atoms with Gasteiger partial charge in [0.05, 0.1) is 10.7 Å². The lowest BCUT2D eigenvalue weighted by molar-refractivity contribution is -0.121. The van der Waals surface area contributed by atoms with Gasteiger partial charge in [-0.25, -0.2) is 4.98 Å². The van der Waals surface area contributed by atoms with Crippen LogP contribution in [-0.2, 0) is 4.79 Å². The molecule has 4 aromatic rings. The Morgan fingerprint density at radius 1 is 1.03 bits per heavy atom. The Hall–Kier alpha value is -3.64. The van der Waals surface area contributed by atoms with Crippen LogP contribution in [0.3, 0.4) is 0 Å². The summed E-state index contributed by atoms with van der Waals surface area (Å²) in [4.78, 5) is 32.4. The standard InChI is InChI=1S/C28H26ClN3O3/c1-18(26(33)30-23-10-6-5-9-22(23)29)19-13-15-32(16-14-19)28(34)21-11-12-25-24(17-21)31-27(35-25)20-7-3-2-4-8-20/h2-12,17-19H,13-16H2,1H3,(H,30,33)/t18-/m0/s1. The third-order valence-corrected chi connectivity index (χ3v) is 7.06. The molecule has 0 radical (unpaired) electrons. The van der Waals surface area contributed by atoms with Gasteiger partial charge in [0.2, 0.25) is 11.8 Å². The summed E-state index contributed by atoms with van der Waals surface area (Å²) in [5.74, 6) is 0.492. The summed E-state index contributed by atoms with van der Waals surface area (Å²) < 4.78 is 5.86. The maximum atomic E-state index is 13.2. The van der Waals surface area contributed by atoms with E-state index in [4.69, 9.17) is 16.0 Å². The van der Waals surface area contributed by atoms with E-state index in [1.807, 2.05) is 54.3 Å². The van der Waals surface area contributed by atoms with Gasteiger partial charge in [0, 0.05) is 30.1 Å². The number of oxazole rings is 1. The van der Waals surface area contributed by atoms with Crippen LogP contribution in [0, 0.1) is 11.8 Å². The number of likely N-dealkylation sites (tertiary alicyclic amines) is 1. The monoisotopic (exact) mass is 487 g/mol. The summed E-state index contributed by atoms with van der Waals surface area (Å²) in [6.45, 7) is 3.16. The van der Waals surface area contributed by atoms with E-state index in [1.165, 1.54) is 0 Å². The number of amides is 2. The fraction of sp³-hybridized carbons (Fsp3) is 0.250. The highest BCUT2D eigenvalue weighted by atomic mass is 35.5. The summed E-state index contributed by atoms with van der Waals surface area (Å²) in [5, 5.41) is 3.45. The molecule has 2 heterocycles. The Labute approximate surface area is 208 Å². The molecule has 6 nitrogen and oxygen atoms in total. The first kappa shape index (κ1) is 23.1. The van der Waals surface area contributed by atoms with Crippen molar-refractivity contribution < 1.29 is 14.0 Å². The van der Waals surface area contributed by atoms with Crippen molar-refractivity contribution in [2.24, 2.45) is 11.8 Å². The molecular weight excluding hydrogens is 462 g/mol. The van der Waals surface area contributed by atoms with Gasteiger partial charge in [-0.3, -0.25) is 9.59 Å². The summed E-state index contributed by atoms with van der Waals surface area (Å²) in [6, 6.07) is 22.3. The minimum absolute atomic E-state index is 0.0252.